The summed E-state index contributed by atoms with van der Waals surface area (Å²) in [5.41, 5.74) is 1.62. The largest absolute Gasteiger partial charge is 0.489 e. The minimum atomic E-state index is -4.41. The average Bonchev–Trinajstić information content (AvgIpc) is 2.84. The first-order chi connectivity index (χ1) is 16.4. The zero-order valence-corrected chi connectivity index (χ0v) is 18.5. The summed E-state index contributed by atoms with van der Waals surface area (Å²) in [7, 11) is 0. The third-order valence-electron chi connectivity index (χ3n) is 4.80. The van der Waals surface area contributed by atoms with Crippen molar-refractivity contribution in [2.75, 3.05) is 11.2 Å². The monoisotopic (exact) mass is 485 g/mol. The van der Waals surface area contributed by atoms with Crippen molar-refractivity contribution in [3.05, 3.63) is 102 Å². The molecule has 9 heteroatoms. The number of nitrogens with one attached hydrogen (secondary N) is 1. The van der Waals surface area contributed by atoms with Gasteiger partial charge in [-0.15, -0.1) is 11.8 Å². The molecule has 4 nitrogen and oxygen atoms in total. The van der Waals surface area contributed by atoms with Gasteiger partial charge in [0.25, 0.3) is 0 Å². The molecule has 0 spiro atoms. The van der Waals surface area contributed by atoms with E-state index in [9.17, 15) is 17.6 Å². The van der Waals surface area contributed by atoms with E-state index in [1.165, 1.54) is 30.5 Å². The second-order valence-electron chi connectivity index (χ2n) is 7.15. The molecule has 0 radical (unpaired) electrons. The molecule has 3 aromatic carbocycles. The third kappa shape index (κ3) is 6.05. The van der Waals surface area contributed by atoms with Gasteiger partial charge in [-0.25, -0.2) is 9.37 Å². The zero-order chi connectivity index (χ0) is 24.0. The Labute approximate surface area is 198 Å². The fourth-order valence-electron chi connectivity index (χ4n) is 3.14. The molecule has 0 amide bonds. The smallest absolute Gasteiger partial charge is 0.417 e. The summed E-state index contributed by atoms with van der Waals surface area (Å²) in [4.78, 5) is 8.82. The van der Waals surface area contributed by atoms with Crippen molar-refractivity contribution in [2.45, 2.75) is 17.7 Å². The summed E-state index contributed by atoms with van der Waals surface area (Å²) in [6, 6.07) is 18.7. The first-order valence-corrected chi connectivity index (χ1v) is 11.2. The fraction of sp³-hybridized carbons (Fsp3) is 0.120. The molecular weight excluding hydrogens is 466 g/mol. The molecule has 1 N–H and O–H groups in total. The van der Waals surface area contributed by atoms with Gasteiger partial charge < -0.3 is 10.1 Å². The maximum absolute atomic E-state index is 13.2. The number of thioether (sulfide) groups is 1. The van der Waals surface area contributed by atoms with Gasteiger partial charge in [0.1, 0.15) is 23.9 Å². The molecule has 0 atom stereocenters. The maximum atomic E-state index is 13.2. The molecule has 0 saturated carbocycles. The van der Waals surface area contributed by atoms with Crippen LogP contribution in [-0.2, 0) is 12.8 Å². The molecule has 0 saturated heterocycles. The van der Waals surface area contributed by atoms with Gasteiger partial charge in [-0.2, -0.15) is 13.2 Å². The summed E-state index contributed by atoms with van der Waals surface area (Å²) in [6.45, 7) is 0.312. The summed E-state index contributed by atoms with van der Waals surface area (Å²) in [5, 5.41) is 3.07. The van der Waals surface area contributed by atoms with Gasteiger partial charge >= 0.3 is 6.18 Å². The van der Waals surface area contributed by atoms with E-state index in [1.54, 1.807) is 24.4 Å². The molecule has 0 unspecified atom stereocenters. The van der Waals surface area contributed by atoms with Crippen molar-refractivity contribution in [1.82, 2.24) is 9.97 Å². The topological polar surface area (TPSA) is 47.0 Å². The second-order valence-corrected chi connectivity index (χ2v) is 8.17. The van der Waals surface area contributed by atoms with Crippen molar-refractivity contribution in [2.24, 2.45) is 0 Å². The average molecular weight is 486 g/mol. The Balaban J connectivity index is 1.41. The molecule has 0 aliphatic rings. The van der Waals surface area contributed by atoms with E-state index >= 15 is 0 Å². The van der Waals surface area contributed by atoms with Crippen LogP contribution >= 0.6 is 11.8 Å². The first kappa shape index (κ1) is 23.6. The minimum absolute atomic E-state index is 0.137. The normalized spacial score (nSPS) is 11.3. The molecular formula is C25H19F4N3OS. The Morgan fingerprint density at radius 3 is 2.29 bits per heavy atom. The summed E-state index contributed by atoms with van der Waals surface area (Å²) in [6.07, 6.45) is -1.34. The van der Waals surface area contributed by atoms with Gasteiger partial charge in [0.15, 0.2) is 5.82 Å². The van der Waals surface area contributed by atoms with Crippen LogP contribution in [0.5, 0.6) is 5.75 Å². The SMILES string of the molecule is Fc1ccc(OCc2ccc(-c3nccnc3NCSc3ccccc3C(F)(F)F)cc2)cc1. The van der Waals surface area contributed by atoms with Crippen LogP contribution in [0.15, 0.2) is 90.1 Å². The van der Waals surface area contributed by atoms with E-state index < -0.39 is 11.7 Å². The standard InChI is InChI=1S/C25H19F4N3OS/c26-19-9-11-20(12-10-19)33-15-17-5-7-18(8-6-17)23-24(31-14-13-30-23)32-16-34-22-4-2-1-3-21(22)25(27,28)29/h1-14H,15-16H2,(H,31,32). The van der Waals surface area contributed by atoms with Crippen LogP contribution in [0, 0.1) is 5.82 Å². The first-order valence-electron chi connectivity index (χ1n) is 10.2. The van der Waals surface area contributed by atoms with E-state index in [2.05, 4.69) is 15.3 Å². The quantitative estimate of drug-likeness (QED) is 0.165. The molecule has 4 rings (SSSR count). The lowest BCUT2D eigenvalue weighted by molar-refractivity contribution is -0.139. The summed E-state index contributed by atoms with van der Waals surface area (Å²) in [5.74, 6) is 0.890. The molecule has 1 heterocycles. The number of ether oxygens (including phenoxy) is 1. The van der Waals surface area contributed by atoms with Crippen LogP contribution in [-0.4, -0.2) is 15.8 Å². The molecule has 1 aromatic heterocycles. The molecule has 0 aliphatic carbocycles. The predicted molar refractivity (Wildman–Crippen MR) is 124 cm³/mol. The van der Waals surface area contributed by atoms with E-state index in [4.69, 9.17) is 4.74 Å². The molecule has 4 aromatic rings. The Bertz CT molecular complexity index is 1230. The Kier molecular flexibility index (Phi) is 7.32. The highest BCUT2D eigenvalue weighted by molar-refractivity contribution is 7.99. The van der Waals surface area contributed by atoms with Crippen molar-refractivity contribution in [3.63, 3.8) is 0 Å². The lowest BCUT2D eigenvalue weighted by atomic mass is 10.1. The lowest BCUT2D eigenvalue weighted by Crippen LogP contribution is -2.08. The number of hydrogen-bond acceptors (Lipinski definition) is 5. The van der Waals surface area contributed by atoms with Crippen LogP contribution in [0.2, 0.25) is 0 Å². The van der Waals surface area contributed by atoms with E-state index in [0.29, 0.717) is 23.9 Å². The van der Waals surface area contributed by atoms with Crippen LogP contribution in [0.25, 0.3) is 11.3 Å². The number of aromatic nitrogens is 2. The number of alkyl halides is 3. The summed E-state index contributed by atoms with van der Waals surface area (Å²) >= 11 is 1.04. The van der Waals surface area contributed by atoms with Crippen molar-refractivity contribution in [3.8, 4) is 17.0 Å². The highest BCUT2D eigenvalue weighted by Crippen LogP contribution is 2.36. The van der Waals surface area contributed by atoms with Gasteiger partial charge in [-0.1, -0.05) is 36.4 Å². The Morgan fingerprint density at radius 2 is 1.56 bits per heavy atom. The van der Waals surface area contributed by atoms with Crippen LogP contribution in [0.3, 0.4) is 0 Å². The van der Waals surface area contributed by atoms with E-state index in [-0.39, 0.29) is 16.6 Å². The number of nitrogens with zero attached hydrogens (tertiary/aromatic N) is 2. The summed E-state index contributed by atoms with van der Waals surface area (Å²) < 4.78 is 58.3. The second kappa shape index (κ2) is 10.6. The number of benzene rings is 3. The fourth-order valence-corrected chi connectivity index (χ4v) is 4.02. The lowest BCUT2D eigenvalue weighted by Gasteiger charge is -2.14. The highest BCUT2D eigenvalue weighted by Gasteiger charge is 2.33. The van der Waals surface area contributed by atoms with Gasteiger partial charge in [-0.3, -0.25) is 4.98 Å². The highest BCUT2D eigenvalue weighted by atomic mass is 32.2. The predicted octanol–water partition coefficient (Wildman–Crippen LogP) is 7.04. The number of halogens is 4. The molecule has 0 aliphatic heterocycles. The van der Waals surface area contributed by atoms with Crippen LogP contribution in [0.1, 0.15) is 11.1 Å². The minimum Gasteiger partial charge on any atom is -0.489 e. The molecule has 174 valence electrons. The number of anilines is 1. The van der Waals surface area contributed by atoms with E-state index in [0.717, 1.165) is 29.0 Å². The van der Waals surface area contributed by atoms with Crippen molar-refractivity contribution in [1.29, 1.82) is 0 Å². The Hall–Kier alpha value is -3.59. The van der Waals surface area contributed by atoms with Gasteiger partial charge in [-0.05, 0) is 42.0 Å². The third-order valence-corrected chi connectivity index (χ3v) is 5.76. The van der Waals surface area contributed by atoms with Crippen molar-refractivity contribution >= 4 is 17.6 Å². The number of hydrogen-bond donors (Lipinski definition) is 1. The maximum Gasteiger partial charge on any atom is 0.417 e. The Morgan fingerprint density at radius 1 is 0.853 bits per heavy atom. The van der Waals surface area contributed by atoms with Gasteiger partial charge in [0, 0.05) is 22.9 Å². The molecule has 0 fully saturated rings. The van der Waals surface area contributed by atoms with Gasteiger partial charge in [0.2, 0.25) is 0 Å². The van der Waals surface area contributed by atoms with Crippen LogP contribution in [0.4, 0.5) is 23.4 Å². The van der Waals surface area contributed by atoms with Gasteiger partial charge in [0.05, 0.1) is 11.4 Å². The van der Waals surface area contributed by atoms with Crippen LogP contribution < -0.4 is 10.1 Å². The number of rotatable bonds is 8. The molecule has 0 bridgehead atoms. The zero-order valence-electron chi connectivity index (χ0n) is 17.7. The molecule has 34 heavy (non-hydrogen) atoms. The van der Waals surface area contributed by atoms with Crippen molar-refractivity contribution < 1.29 is 22.3 Å². The van der Waals surface area contributed by atoms with E-state index in [1.807, 2.05) is 24.3 Å².